The van der Waals surface area contributed by atoms with E-state index in [2.05, 4.69) is 102 Å². The summed E-state index contributed by atoms with van der Waals surface area (Å²) in [6.07, 6.45) is 4.09. The zero-order valence-corrected chi connectivity index (χ0v) is 30.6. The van der Waals surface area contributed by atoms with Crippen LogP contribution in [0.2, 0.25) is 54.4 Å². The van der Waals surface area contributed by atoms with Gasteiger partial charge in [0.25, 0.3) is 0 Å². The summed E-state index contributed by atoms with van der Waals surface area (Å²) >= 11 is 0. The SMILES string of the molecule is CCOC(=O)CCCCC[C@H](O[Si](C)(C)C(C)(C)C)[C@@H](CO[Si](C)(C)C(C)(C)C)O[Si](C)(C)C(C)(C)C. The zero-order valence-electron chi connectivity index (χ0n) is 27.6. The van der Waals surface area contributed by atoms with Crippen LogP contribution in [0.5, 0.6) is 0 Å². The molecule has 0 unspecified atom stereocenters. The van der Waals surface area contributed by atoms with Crippen LogP contribution in [0.1, 0.15) is 101 Å². The second kappa shape index (κ2) is 14.1. The van der Waals surface area contributed by atoms with Crippen LogP contribution >= 0.6 is 0 Å². The van der Waals surface area contributed by atoms with Crippen LogP contribution in [-0.4, -0.2) is 56.3 Å². The summed E-state index contributed by atoms with van der Waals surface area (Å²) in [4.78, 5) is 11.8. The fourth-order valence-corrected chi connectivity index (χ4v) is 6.90. The Labute approximate surface area is 234 Å². The minimum absolute atomic E-state index is 0.0256. The van der Waals surface area contributed by atoms with Gasteiger partial charge >= 0.3 is 5.97 Å². The van der Waals surface area contributed by atoms with E-state index in [-0.39, 0.29) is 33.3 Å². The van der Waals surface area contributed by atoms with Gasteiger partial charge < -0.3 is 18.0 Å². The van der Waals surface area contributed by atoms with Gasteiger partial charge in [-0.2, -0.15) is 0 Å². The molecule has 0 fully saturated rings. The summed E-state index contributed by atoms with van der Waals surface area (Å²) in [6, 6.07) is 0. The van der Waals surface area contributed by atoms with Crippen LogP contribution in [0.4, 0.5) is 0 Å². The first-order valence-electron chi connectivity index (χ1n) is 14.5. The quantitative estimate of drug-likeness (QED) is 0.110. The average Bonchev–Trinajstić information content (AvgIpc) is 2.67. The molecular formula is C29H64O5Si3. The predicted molar refractivity (Wildman–Crippen MR) is 167 cm³/mol. The second-order valence-electron chi connectivity index (χ2n) is 15.3. The van der Waals surface area contributed by atoms with Crippen molar-refractivity contribution in [2.45, 2.75) is 168 Å². The lowest BCUT2D eigenvalue weighted by atomic mass is 10.1. The molecule has 0 saturated heterocycles. The van der Waals surface area contributed by atoms with E-state index in [1.807, 2.05) is 6.92 Å². The summed E-state index contributed by atoms with van der Waals surface area (Å²) in [6.45, 7) is 37.5. The summed E-state index contributed by atoms with van der Waals surface area (Å²) in [5, 5.41) is 0.345. The third kappa shape index (κ3) is 12.4. The maximum Gasteiger partial charge on any atom is 0.305 e. The Balaban J connectivity index is 6.00. The van der Waals surface area contributed by atoms with Crippen LogP contribution in [0.15, 0.2) is 0 Å². The third-order valence-electron chi connectivity index (χ3n) is 9.01. The Bertz CT molecular complexity index is 685. The maximum atomic E-state index is 11.8. The van der Waals surface area contributed by atoms with Gasteiger partial charge in [0.05, 0.1) is 25.4 Å². The van der Waals surface area contributed by atoms with E-state index in [4.69, 9.17) is 18.0 Å². The number of unbranched alkanes of at least 4 members (excludes halogenated alkanes) is 2. The van der Waals surface area contributed by atoms with Gasteiger partial charge in [-0.1, -0.05) is 75.2 Å². The number of ether oxygens (including phenoxy) is 1. The molecular weight excluding hydrogens is 513 g/mol. The molecule has 0 aliphatic heterocycles. The minimum atomic E-state index is -2.06. The molecule has 0 radical (unpaired) electrons. The number of carbonyl (C=O) groups is 1. The van der Waals surface area contributed by atoms with Crippen molar-refractivity contribution in [3.8, 4) is 0 Å². The molecule has 5 nitrogen and oxygen atoms in total. The molecule has 0 aromatic carbocycles. The van der Waals surface area contributed by atoms with Crippen LogP contribution < -0.4 is 0 Å². The molecule has 0 aliphatic rings. The van der Waals surface area contributed by atoms with E-state index in [9.17, 15) is 4.79 Å². The van der Waals surface area contributed by atoms with Crippen molar-refractivity contribution < 1.29 is 22.8 Å². The van der Waals surface area contributed by atoms with E-state index in [1.54, 1.807) is 0 Å². The highest BCUT2D eigenvalue weighted by molar-refractivity contribution is 6.75. The van der Waals surface area contributed by atoms with Gasteiger partial charge in [-0.05, 0) is 74.2 Å². The van der Waals surface area contributed by atoms with E-state index in [1.165, 1.54) is 0 Å². The number of rotatable bonds is 15. The standard InChI is InChI=1S/C29H64O5Si3/c1-17-31-26(30)22-20-18-19-21-24(33-36(13,14)28(5,6)7)25(34-37(15,16)29(8,9)10)23-32-35(11,12)27(2,3)4/h24-25H,17-23H2,1-16H3/t24-,25+/m0/s1. The highest BCUT2D eigenvalue weighted by atomic mass is 28.4. The summed E-state index contributed by atoms with van der Waals surface area (Å²) in [5.74, 6) is -0.0986. The van der Waals surface area contributed by atoms with Crippen molar-refractivity contribution in [3.05, 3.63) is 0 Å². The normalized spacial score (nSPS) is 16.0. The predicted octanol–water partition coefficient (Wildman–Crippen LogP) is 9.30. The zero-order chi connectivity index (χ0) is 29.5. The summed E-state index contributed by atoms with van der Waals surface area (Å²) in [7, 11) is -6.06. The lowest BCUT2D eigenvalue weighted by Crippen LogP contribution is -2.54. The minimum Gasteiger partial charge on any atom is -0.466 e. The van der Waals surface area contributed by atoms with E-state index in [0.29, 0.717) is 19.6 Å². The first-order valence-corrected chi connectivity index (χ1v) is 23.3. The lowest BCUT2D eigenvalue weighted by molar-refractivity contribution is -0.143. The number of esters is 1. The number of hydrogen-bond acceptors (Lipinski definition) is 5. The molecule has 0 saturated carbocycles. The Morgan fingerprint density at radius 1 is 0.649 bits per heavy atom. The molecule has 0 aromatic heterocycles. The smallest absolute Gasteiger partial charge is 0.305 e. The van der Waals surface area contributed by atoms with Gasteiger partial charge in [-0.15, -0.1) is 0 Å². The molecule has 222 valence electrons. The maximum absolute atomic E-state index is 11.8. The van der Waals surface area contributed by atoms with Gasteiger partial charge in [0.2, 0.25) is 0 Å². The molecule has 0 amide bonds. The largest absolute Gasteiger partial charge is 0.466 e. The highest BCUT2D eigenvalue weighted by Crippen LogP contribution is 2.42. The Hall–Kier alpha value is 0.000649. The van der Waals surface area contributed by atoms with Crippen LogP contribution in [0.25, 0.3) is 0 Å². The number of carbonyl (C=O) groups excluding carboxylic acids is 1. The molecule has 0 N–H and O–H groups in total. The topological polar surface area (TPSA) is 54.0 Å². The molecule has 0 spiro atoms. The monoisotopic (exact) mass is 576 g/mol. The second-order valence-corrected chi connectivity index (χ2v) is 29.6. The van der Waals surface area contributed by atoms with Crippen molar-refractivity contribution in [1.82, 2.24) is 0 Å². The van der Waals surface area contributed by atoms with Crippen molar-refractivity contribution in [1.29, 1.82) is 0 Å². The van der Waals surface area contributed by atoms with E-state index >= 15 is 0 Å². The molecule has 37 heavy (non-hydrogen) atoms. The molecule has 0 heterocycles. The molecule has 0 bridgehead atoms. The number of hydrogen-bond donors (Lipinski definition) is 0. The van der Waals surface area contributed by atoms with E-state index < -0.39 is 25.0 Å². The molecule has 0 aromatic rings. The van der Waals surface area contributed by atoms with Crippen molar-refractivity contribution in [2.24, 2.45) is 0 Å². The van der Waals surface area contributed by atoms with E-state index in [0.717, 1.165) is 25.7 Å². The van der Waals surface area contributed by atoms with Gasteiger partial charge in [-0.25, -0.2) is 0 Å². The van der Waals surface area contributed by atoms with Crippen molar-refractivity contribution in [3.63, 3.8) is 0 Å². The Kier molecular flexibility index (Phi) is 14.1. The van der Waals surface area contributed by atoms with Gasteiger partial charge in [0.15, 0.2) is 25.0 Å². The molecule has 0 rings (SSSR count). The first-order chi connectivity index (χ1) is 16.4. The molecule has 0 aliphatic carbocycles. The average molecular weight is 577 g/mol. The fraction of sp³-hybridized carbons (Fsp3) is 0.966. The van der Waals surface area contributed by atoms with Crippen LogP contribution in [0, 0.1) is 0 Å². The molecule has 8 heteroatoms. The van der Waals surface area contributed by atoms with Gasteiger partial charge in [0, 0.05) is 6.42 Å². The van der Waals surface area contributed by atoms with Crippen LogP contribution in [0.3, 0.4) is 0 Å². The van der Waals surface area contributed by atoms with Gasteiger partial charge in [-0.3, -0.25) is 4.79 Å². The van der Waals surface area contributed by atoms with Crippen LogP contribution in [-0.2, 0) is 22.8 Å². The highest BCUT2D eigenvalue weighted by Gasteiger charge is 2.46. The Morgan fingerprint density at radius 3 is 1.49 bits per heavy atom. The fourth-order valence-electron chi connectivity index (χ4n) is 3.18. The van der Waals surface area contributed by atoms with Crippen molar-refractivity contribution in [2.75, 3.05) is 13.2 Å². The van der Waals surface area contributed by atoms with Crippen molar-refractivity contribution >= 4 is 30.9 Å². The summed E-state index contributed by atoms with van der Waals surface area (Å²) in [5.41, 5.74) is 0. The first kappa shape index (κ1) is 37.0. The third-order valence-corrected chi connectivity index (χ3v) is 22.5. The molecule has 2 atom stereocenters. The summed E-state index contributed by atoms with van der Waals surface area (Å²) < 4.78 is 26.1. The lowest BCUT2D eigenvalue weighted by Gasteiger charge is -2.46. The van der Waals surface area contributed by atoms with Gasteiger partial charge in [0.1, 0.15) is 0 Å². The Morgan fingerprint density at radius 2 is 1.08 bits per heavy atom.